The van der Waals surface area contributed by atoms with E-state index in [0.717, 1.165) is 12.8 Å². The highest BCUT2D eigenvalue weighted by Gasteiger charge is 2.39. The number of nitrogens with zero attached hydrogens (tertiary/aromatic N) is 1. The summed E-state index contributed by atoms with van der Waals surface area (Å²) in [5, 5.41) is 3.42. The number of benzene rings is 1. The van der Waals surface area contributed by atoms with Crippen LogP contribution < -0.4 is 5.32 Å². The van der Waals surface area contributed by atoms with Gasteiger partial charge in [0.2, 0.25) is 5.91 Å². The standard InChI is InChI=1S/C18H26N2O/c1-12-8-13(2)10-15(9-12)20-17(21)11-19-18(20)16-7-5-4-6-14(16)3/h4-7,12-13,15,18-19H,8-11H2,1-3H3. The van der Waals surface area contributed by atoms with Gasteiger partial charge in [-0.2, -0.15) is 0 Å². The van der Waals surface area contributed by atoms with Crippen molar-refractivity contribution in [2.24, 2.45) is 11.8 Å². The number of amides is 1. The Kier molecular flexibility index (Phi) is 4.03. The summed E-state index contributed by atoms with van der Waals surface area (Å²) in [5.74, 6) is 1.68. The van der Waals surface area contributed by atoms with Crippen molar-refractivity contribution >= 4 is 5.91 Å². The van der Waals surface area contributed by atoms with E-state index < -0.39 is 0 Å². The Morgan fingerprint density at radius 3 is 2.43 bits per heavy atom. The number of hydrogen-bond acceptors (Lipinski definition) is 2. The molecular formula is C18H26N2O. The summed E-state index contributed by atoms with van der Waals surface area (Å²) in [6.45, 7) is 7.24. The largest absolute Gasteiger partial charge is 0.319 e. The zero-order valence-corrected chi connectivity index (χ0v) is 13.3. The van der Waals surface area contributed by atoms with Gasteiger partial charge in [-0.1, -0.05) is 38.1 Å². The van der Waals surface area contributed by atoms with Gasteiger partial charge in [0.15, 0.2) is 0 Å². The molecule has 0 aromatic heterocycles. The third-order valence-electron chi connectivity index (χ3n) is 5.04. The second kappa shape index (κ2) is 5.80. The Hall–Kier alpha value is -1.35. The quantitative estimate of drug-likeness (QED) is 0.905. The molecule has 1 saturated heterocycles. The molecule has 3 atom stereocenters. The lowest BCUT2D eigenvalue weighted by Gasteiger charge is -2.40. The number of carbonyl (C=O) groups excluding carboxylic acids is 1. The van der Waals surface area contributed by atoms with Crippen LogP contribution in [0.15, 0.2) is 24.3 Å². The van der Waals surface area contributed by atoms with Crippen molar-refractivity contribution in [1.82, 2.24) is 10.2 Å². The van der Waals surface area contributed by atoms with Crippen molar-refractivity contribution < 1.29 is 4.79 Å². The summed E-state index contributed by atoms with van der Waals surface area (Å²) >= 11 is 0. The van der Waals surface area contributed by atoms with E-state index in [1.54, 1.807) is 0 Å². The van der Waals surface area contributed by atoms with E-state index in [4.69, 9.17) is 0 Å². The topological polar surface area (TPSA) is 32.3 Å². The van der Waals surface area contributed by atoms with Gasteiger partial charge in [-0.3, -0.25) is 10.1 Å². The van der Waals surface area contributed by atoms with E-state index in [1.165, 1.54) is 17.5 Å². The van der Waals surface area contributed by atoms with E-state index in [-0.39, 0.29) is 12.1 Å². The Labute approximate surface area is 127 Å². The van der Waals surface area contributed by atoms with Crippen molar-refractivity contribution in [3.05, 3.63) is 35.4 Å². The van der Waals surface area contributed by atoms with Gasteiger partial charge in [0.1, 0.15) is 6.17 Å². The molecule has 3 nitrogen and oxygen atoms in total. The summed E-state index contributed by atoms with van der Waals surface area (Å²) in [5.41, 5.74) is 2.50. The highest BCUT2D eigenvalue weighted by Crippen LogP contribution is 2.36. The summed E-state index contributed by atoms with van der Waals surface area (Å²) in [6.07, 6.45) is 3.63. The van der Waals surface area contributed by atoms with Gasteiger partial charge in [-0.05, 0) is 49.1 Å². The molecule has 1 aromatic carbocycles. The zero-order chi connectivity index (χ0) is 15.0. The number of nitrogens with one attached hydrogen (secondary N) is 1. The Morgan fingerprint density at radius 2 is 1.76 bits per heavy atom. The number of carbonyl (C=O) groups is 1. The summed E-state index contributed by atoms with van der Waals surface area (Å²) in [7, 11) is 0. The van der Waals surface area contributed by atoms with Crippen LogP contribution in [0.1, 0.15) is 50.4 Å². The predicted octanol–water partition coefficient (Wildman–Crippen LogP) is 3.25. The van der Waals surface area contributed by atoms with Crippen molar-refractivity contribution in [2.45, 2.75) is 52.2 Å². The SMILES string of the molecule is Cc1ccccc1C1NCC(=O)N1C1CC(C)CC(C)C1. The molecule has 1 N–H and O–H groups in total. The van der Waals surface area contributed by atoms with Crippen LogP contribution >= 0.6 is 0 Å². The normalized spacial score (nSPS) is 33.5. The Morgan fingerprint density at radius 1 is 1.10 bits per heavy atom. The van der Waals surface area contributed by atoms with Crippen molar-refractivity contribution in [1.29, 1.82) is 0 Å². The minimum atomic E-state index is 0.0567. The maximum atomic E-state index is 12.4. The molecule has 114 valence electrons. The van der Waals surface area contributed by atoms with Crippen molar-refractivity contribution in [2.75, 3.05) is 6.54 Å². The number of rotatable bonds is 2. The van der Waals surface area contributed by atoms with Gasteiger partial charge in [0.25, 0.3) is 0 Å². The van der Waals surface area contributed by atoms with E-state index in [9.17, 15) is 4.79 Å². The van der Waals surface area contributed by atoms with Crippen LogP contribution in [0, 0.1) is 18.8 Å². The first-order chi connectivity index (χ1) is 10.1. The minimum absolute atomic E-state index is 0.0567. The van der Waals surface area contributed by atoms with Gasteiger partial charge in [0, 0.05) is 6.04 Å². The number of hydrogen-bond donors (Lipinski definition) is 1. The maximum Gasteiger partial charge on any atom is 0.238 e. The van der Waals surface area contributed by atoms with Gasteiger partial charge >= 0.3 is 0 Å². The maximum absolute atomic E-state index is 12.4. The molecular weight excluding hydrogens is 260 g/mol. The predicted molar refractivity (Wildman–Crippen MR) is 84.7 cm³/mol. The molecule has 0 spiro atoms. The minimum Gasteiger partial charge on any atom is -0.319 e. The monoisotopic (exact) mass is 286 g/mol. The lowest BCUT2D eigenvalue weighted by Crippen LogP contribution is -2.43. The van der Waals surface area contributed by atoms with E-state index >= 15 is 0 Å². The molecule has 1 heterocycles. The van der Waals surface area contributed by atoms with Crippen molar-refractivity contribution in [3.8, 4) is 0 Å². The van der Waals surface area contributed by atoms with Crippen LogP contribution in [-0.2, 0) is 4.79 Å². The lowest BCUT2D eigenvalue weighted by atomic mass is 9.79. The van der Waals surface area contributed by atoms with Crippen LogP contribution in [0.25, 0.3) is 0 Å². The van der Waals surface area contributed by atoms with Crippen LogP contribution in [-0.4, -0.2) is 23.4 Å². The highest BCUT2D eigenvalue weighted by atomic mass is 16.2. The van der Waals surface area contributed by atoms with Gasteiger partial charge in [-0.25, -0.2) is 0 Å². The molecule has 2 aliphatic rings. The van der Waals surface area contributed by atoms with Crippen molar-refractivity contribution in [3.63, 3.8) is 0 Å². The van der Waals surface area contributed by atoms with Gasteiger partial charge in [-0.15, -0.1) is 0 Å². The smallest absolute Gasteiger partial charge is 0.238 e. The second-order valence-corrected chi connectivity index (χ2v) is 7.01. The Balaban J connectivity index is 1.88. The van der Waals surface area contributed by atoms with E-state index in [1.807, 2.05) is 0 Å². The molecule has 21 heavy (non-hydrogen) atoms. The first-order valence-electron chi connectivity index (χ1n) is 8.16. The molecule has 0 radical (unpaired) electrons. The summed E-state index contributed by atoms with van der Waals surface area (Å²) in [6, 6.07) is 8.79. The van der Waals surface area contributed by atoms with Gasteiger partial charge in [0.05, 0.1) is 6.54 Å². The van der Waals surface area contributed by atoms with E-state index in [2.05, 4.69) is 55.3 Å². The average Bonchev–Trinajstić information content (AvgIpc) is 2.80. The summed E-state index contributed by atoms with van der Waals surface area (Å²) < 4.78 is 0. The summed E-state index contributed by atoms with van der Waals surface area (Å²) in [4.78, 5) is 14.6. The molecule has 1 aromatic rings. The molecule has 1 saturated carbocycles. The van der Waals surface area contributed by atoms with E-state index in [0.29, 0.717) is 24.4 Å². The lowest BCUT2D eigenvalue weighted by molar-refractivity contribution is -0.131. The third kappa shape index (κ3) is 2.84. The molecule has 3 heteroatoms. The van der Waals surface area contributed by atoms with Crippen LogP contribution in [0.3, 0.4) is 0 Å². The van der Waals surface area contributed by atoms with Crippen LogP contribution in [0.5, 0.6) is 0 Å². The van der Waals surface area contributed by atoms with Crippen LogP contribution in [0.2, 0.25) is 0 Å². The number of aryl methyl sites for hydroxylation is 1. The first kappa shape index (κ1) is 14.6. The molecule has 0 bridgehead atoms. The van der Waals surface area contributed by atoms with Gasteiger partial charge < -0.3 is 4.90 Å². The molecule has 3 rings (SSSR count). The fourth-order valence-corrected chi connectivity index (χ4v) is 4.22. The third-order valence-corrected chi connectivity index (χ3v) is 5.04. The zero-order valence-electron chi connectivity index (χ0n) is 13.3. The fraction of sp³-hybridized carbons (Fsp3) is 0.611. The molecule has 3 unspecified atom stereocenters. The fourth-order valence-electron chi connectivity index (χ4n) is 4.22. The highest BCUT2D eigenvalue weighted by molar-refractivity contribution is 5.81. The molecule has 1 amide bonds. The van der Waals surface area contributed by atoms with Crippen LogP contribution in [0.4, 0.5) is 0 Å². The molecule has 1 aliphatic carbocycles. The second-order valence-electron chi connectivity index (χ2n) is 7.01. The Bertz CT molecular complexity index is 518. The molecule has 2 fully saturated rings. The first-order valence-corrected chi connectivity index (χ1v) is 8.16. The average molecular weight is 286 g/mol. The molecule has 1 aliphatic heterocycles.